The lowest BCUT2D eigenvalue weighted by molar-refractivity contribution is 0.0341. The zero-order valence-corrected chi connectivity index (χ0v) is 15.0. The van der Waals surface area contributed by atoms with E-state index in [9.17, 15) is 10.2 Å². The lowest BCUT2D eigenvalue weighted by Crippen LogP contribution is -2.49. The van der Waals surface area contributed by atoms with Crippen molar-refractivity contribution in [3.05, 3.63) is 34.0 Å². The van der Waals surface area contributed by atoms with Gasteiger partial charge in [0.2, 0.25) is 0 Å². The first-order chi connectivity index (χ1) is 11.4. The first-order valence-corrected chi connectivity index (χ1v) is 8.56. The number of methoxy groups -OCH3 is 2. The smallest absolute Gasteiger partial charge is 0.135 e. The van der Waals surface area contributed by atoms with Gasteiger partial charge in [-0.1, -0.05) is 11.6 Å². The summed E-state index contributed by atoms with van der Waals surface area (Å²) in [6.07, 6.45) is 2.37. The molecule has 3 N–H and O–H groups in total. The molecular weight excluding hydrogens is 330 g/mol. The molecule has 24 heavy (non-hydrogen) atoms. The van der Waals surface area contributed by atoms with E-state index in [4.69, 9.17) is 21.1 Å². The molecular formula is C18H24ClNO4. The zero-order valence-electron chi connectivity index (χ0n) is 14.2. The summed E-state index contributed by atoms with van der Waals surface area (Å²) < 4.78 is 10.9. The van der Waals surface area contributed by atoms with E-state index in [0.717, 1.165) is 18.4 Å². The average molecular weight is 354 g/mol. The number of ether oxygens (including phenoxy) is 2. The van der Waals surface area contributed by atoms with Gasteiger partial charge in [-0.3, -0.25) is 5.32 Å². The van der Waals surface area contributed by atoms with E-state index in [0.29, 0.717) is 34.8 Å². The molecule has 1 spiro atoms. The molecule has 1 atom stereocenters. The summed E-state index contributed by atoms with van der Waals surface area (Å²) in [5, 5.41) is 25.4. The van der Waals surface area contributed by atoms with Crippen LogP contribution >= 0.6 is 11.6 Å². The molecule has 1 aliphatic heterocycles. The highest BCUT2D eigenvalue weighted by molar-refractivity contribution is 6.30. The summed E-state index contributed by atoms with van der Waals surface area (Å²) in [6, 6.07) is 3.50. The van der Waals surface area contributed by atoms with Crippen molar-refractivity contribution >= 4 is 17.2 Å². The van der Waals surface area contributed by atoms with E-state index >= 15 is 0 Å². The maximum Gasteiger partial charge on any atom is 0.135 e. The summed E-state index contributed by atoms with van der Waals surface area (Å²) in [5.74, 6) is 0.748. The van der Waals surface area contributed by atoms with Gasteiger partial charge in [0.05, 0.1) is 18.8 Å². The van der Waals surface area contributed by atoms with Crippen LogP contribution in [-0.4, -0.2) is 42.3 Å². The van der Waals surface area contributed by atoms with E-state index < -0.39 is 11.8 Å². The molecule has 6 heteroatoms. The van der Waals surface area contributed by atoms with Crippen molar-refractivity contribution in [1.82, 2.24) is 5.32 Å². The molecule has 3 rings (SSSR count). The van der Waals surface area contributed by atoms with E-state index in [2.05, 4.69) is 5.32 Å². The van der Waals surface area contributed by atoms with Gasteiger partial charge < -0.3 is 19.7 Å². The van der Waals surface area contributed by atoms with Gasteiger partial charge in [0.1, 0.15) is 17.7 Å². The van der Waals surface area contributed by atoms with Crippen LogP contribution < -0.4 is 10.1 Å². The first-order valence-electron chi connectivity index (χ1n) is 8.18. The van der Waals surface area contributed by atoms with Crippen LogP contribution in [0.1, 0.15) is 36.8 Å². The number of aryl methyl sites for hydroxylation is 1. The molecule has 5 nitrogen and oxygen atoms in total. The van der Waals surface area contributed by atoms with Crippen molar-refractivity contribution in [1.29, 1.82) is 0 Å². The Hall–Kier alpha value is -1.27. The third kappa shape index (κ3) is 2.80. The third-order valence-electron chi connectivity index (χ3n) is 5.27. The van der Waals surface area contributed by atoms with E-state index in [-0.39, 0.29) is 11.9 Å². The molecule has 0 amide bonds. The van der Waals surface area contributed by atoms with Crippen molar-refractivity contribution < 1.29 is 19.7 Å². The molecule has 0 saturated heterocycles. The van der Waals surface area contributed by atoms with Crippen molar-refractivity contribution in [2.45, 2.75) is 50.5 Å². The quantitative estimate of drug-likeness (QED) is 0.778. The second kappa shape index (κ2) is 6.56. The predicted octanol–water partition coefficient (Wildman–Crippen LogP) is 3.18. The minimum atomic E-state index is -0.946. The lowest BCUT2D eigenvalue weighted by atomic mass is 9.79. The standard InChI is InChI=1S/C18H24ClNO4/c1-10-8-11(19)9-13(24-3)14(10)15-16(21)18(20-17(15)22)6-4-12(23-2)5-7-18/h8-9,12,17,20-22H,4-7H2,1-3H3. The number of nitrogens with one attached hydrogen (secondary N) is 1. The lowest BCUT2D eigenvalue weighted by Gasteiger charge is -2.37. The number of rotatable bonds is 3. The Morgan fingerprint density at radius 1 is 1.25 bits per heavy atom. The first kappa shape index (κ1) is 17.5. The average Bonchev–Trinajstić information content (AvgIpc) is 2.79. The molecule has 1 heterocycles. The van der Waals surface area contributed by atoms with Gasteiger partial charge in [0, 0.05) is 23.3 Å². The van der Waals surface area contributed by atoms with Crippen molar-refractivity contribution in [2.24, 2.45) is 0 Å². The fourth-order valence-corrected chi connectivity index (χ4v) is 4.23. The van der Waals surface area contributed by atoms with E-state index in [1.165, 1.54) is 0 Å². The van der Waals surface area contributed by atoms with Gasteiger partial charge in [0.25, 0.3) is 0 Å². The van der Waals surface area contributed by atoms with Crippen LogP contribution in [0.15, 0.2) is 17.9 Å². The maximum atomic E-state index is 11.0. The number of benzene rings is 1. The van der Waals surface area contributed by atoms with E-state index in [1.807, 2.05) is 6.92 Å². The Labute approximate surface area is 147 Å². The Morgan fingerprint density at radius 2 is 1.92 bits per heavy atom. The largest absolute Gasteiger partial charge is 0.510 e. The van der Waals surface area contributed by atoms with Gasteiger partial charge in [-0.05, 0) is 50.3 Å². The number of aliphatic hydroxyl groups is 2. The summed E-state index contributed by atoms with van der Waals surface area (Å²) in [6.45, 7) is 1.89. The Kier molecular flexibility index (Phi) is 4.80. The number of hydrogen-bond donors (Lipinski definition) is 3. The highest BCUT2D eigenvalue weighted by Crippen LogP contribution is 2.46. The molecule has 1 aliphatic carbocycles. The molecule has 0 aromatic heterocycles. The van der Waals surface area contributed by atoms with Crippen LogP contribution in [0.25, 0.3) is 5.57 Å². The second-order valence-electron chi connectivity index (χ2n) is 6.63. The van der Waals surface area contributed by atoms with Crippen LogP contribution in [0.2, 0.25) is 5.02 Å². The Bertz CT molecular complexity index is 665. The summed E-state index contributed by atoms with van der Waals surface area (Å²) in [7, 11) is 3.27. The number of hydrogen-bond acceptors (Lipinski definition) is 5. The normalized spacial score (nSPS) is 30.2. The molecule has 1 aromatic carbocycles. The van der Waals surface area contributed by atoms with Gasteiger partial charge in [0.15, 0.2) is 0 Å². The van der Waals surface area contributed by atoms with Crippen LogP contribution in [0.5, 0.6) is 5.75 Å². The van der Waals surface area contributed by atoms with Gasteiger partial charge in [-0.2, -0.15) is 0 Å². The predicted molar refractivity (Wildman–Crippen MR) is 93.4 cm³/mol. The highest BCUT2D eigenvalue weighted by Gasteiger charge is 2.48. The van der Waals surface area contributed by atoms with Crippen molar-refractivity contribution in [3.8, 4) is 5.75 Å². The van der Waals surface area contributed by atoms with Gasteiger partial charge in [-0.15, -0.1) is 0 Å². The second-order valence-corrected chi connectivity index (χ2v) is 7.06. The molecule has 1 aromatic rings. The minimum absolute atomic E-state index is 0.202. The fraction of sp³-hybridized carbons (Fsp3) is 0.556. The topological polar surface area (TPSA) is 71.0 Å². The van der Waals surface area contributed by atoms with Crippen molar-refractivity contribution in [2.75, 3.05) is 14.2 Å². The molecule has 1 unspecified atom stereocenters. The summed E-state index contributed by atoms with van der Waals surface area (Å²) in [4.78, 5) is 0. The summed E-state index contributed by atoms with van der Waals surface area (Å²) >= 11 is 6.10. The van der Waals surface area contributed by atoms with Crippen molar-refractivity contribution in [3.63, 3.8) is 0 Å². The Morgan fingerprint density at radius 3 is 2.50 bits per heavy atom. The minimum Gasteiger partial charge on any atom is -0.510 e. The highest BCUT2D eigenvalue weighted by atomic mass is 35.5. The molecule has 2 aliphatic rings. The van der Waals surface area contributed by atoms with Crippen LogP contribution in [0.4, 0.5) is 0 Å². The number of aliphatic hydroxyl groups excluding tert-OH is 2. The summed E-state index contributed by atoms with van der Waals surface area (Å²) in [5.41, 5.74) is 1.44. The maximum absolute atomic E-state index is 11.0. The fourth-order valence-electron chi connectivity index (χ4n) is 3.96. The van der Waals surface area contributed by atoms with Crippen LogP contribution in [0.3, 0.4) is 0 Å². The zero-order chi connectivity index (χ0) is 17.5. The molecule has 132 valence electrons. The molecule has 0 radical (unpaired) electrons. The third-order valence-corrected chi connectivity index (χ3v) is 5.49. The van der Waals surface area contributed by atoms with Crippen LogP contribution in [-0.2, 0) is 4.74 Å². The van der Waals surface area contributed by atoms with Gasteiger partial charge >= 0.3 is 0 Å². The molecule has 0 bridgehead atoms. The molecule has 1 saturated carbocycles. The van der Waals surface area contributed by atoms with Crippen LogP contribution in [0, 0.1) is 6.92 Å². The van der Waals surface area contributed by atoms with Gasteiger partial charge in [-0.25, -0.2) is 0 Å². The monoisotopic (exact) mass is 353 g/mol. The Balaban J connectivity index is 2.05. The number of halogens is 1. The SMILES string of the molecule is COc1cc(Cl)cc(C)c1C1=C(O)C2(CCC(OC)CC2)NC1O. The van der Waals surface area contributed by atoms with E-state index in [1.54, 1.807) is 26.4 Å². The molecule has 1 fully saturated rings.